The molecular formula is C23H24ClFNO4PS. The van der Waals surface area contributed by atoms with E-state index in [1.807, 2.05) is 6.07 Å². The van der Waals surface area contributed by atoms with Crippen molar-refractivity contribution in [1.29, 1.82) is 0 Å². The lowest BCUT2D eigenvalue weighted by Crippen LogP contribution is -2.26. The number of benzene rings is 2. The van der Waals surface area contributed by atoms with Crippen molar-refractivity contribution in [3.05, 3.63) is 75.5 Å². The van der Waals surface area contributed by atoms with Gasteiger partial charge in [-0.05, 0) is 78.6 Å². The summed E-state index contributed by atoms with van der Waals surface area (Å²) < 4.78 is 39.4. The number of amides is 1. The molecule has 1 heterocycles. The number of thiophene rings is 1. The first-order valence-corrected chi connectivity index (χ1v) is 12.9. The van der Waals surface area contributed by atoms with E-state index in [2.05, 4.69) is 5.32 Å². The standard InChI is InChI=1S/C23H24ClFNO4PS/c1-4-29-31(28,30-5-2)22(19-14-32-21-9-8-17(24)13-18(19)21)23(27)26-11-10-16-7-6-15(3)20(25)12-16/h6-14,22H,4-5H2,1-3H3,(H,26,27)/b11-10+. The molecule has 0 aliphatic heterocycles. The number of nitrogens with one attached hydrogen (secondary N) is 1. The minimum atomic E-state index is -3.86. The molecule has 0 saturated carbocycles. The summed E-state index contributed by atoms with van der Waals surface area (Å²) in [5, 5.41) is 5.64. The lowest BCUT2D eigenvalue weighted by atomic mass is 10.1. The Kier molecular flexibility index (Phi) is 8.26. The quantitative estimate of drug-likeness (QED) is 0.322. The van der Waals surface area contributed by atoms with Crippen LogP contribution in [0.5, 0.6) is 0 Å². The van der Waals surface area contributed by atoms with Gasteiger partial charge in [0.05, 0.1) is 13.2 Å². The van der Waals surface area contributed by atoms with Crippen molar-refractivity contribution in [2.24, 2.45) is 0 Å². The molecule has 9 heteroatoms. The number of hydrogen-bond acceptors (Lipinski definition) is 5. The monoisotopic (exact) mass is 495 g/mol. The SMILES string of the molecule is CCOP(=O)(OCC)C(C(=O)N/C=C/c1ccc(C)c(F)c1)c1csc2ccc(Cl)cc12. The van der Waals surface area contributed by atoms with Crippen LogP contribution in [-0.2, 0) is 18.4 Å². The summed E-state index contributed by atoms with van der Waals surface area (Å²) in [5.74, 6) is -0.895. The van der Waals surface area contributed by atoms with Crippen molar-refractivity contribution in [2.45, 2.75) is 26.4 Å². The van der Waals surface area contributed by atoms with E-state index in [0.29, 0.717) is 27.1 Å². The lowest BCUT2D eigenvalue weighted by Gasteiger charge is -2.25. The Balaban J connectivity index is 1.98. The number of halogens is 2. The molecule has 2 aromatic carbocycles. The summed E-state index contributed by atoms with van der Waals surface area (Å²) >= 11 is 7.59. The van der Waals surface area contributed by atoms with Gasteiger partial charge < -0.3 is 14.4 Å². The van der Waals surface area contributed by atoms with Crippen LogP contribution < -0.4 is 5.32 Å². The van der Waals surface area contributed by atoms with Crippen molar-refractivity contribution in [1.82, 2.24) is 5.32 Å². The van der Waals surface area contributed by atoms with E-state index in [0.717, 1.165) is 4.70 Å². The van der Waals surface area contributed by atoms with Crippen molar-refractivity contribution < 1.29 is 22.8 Å². The highest BCUT2D eigenvalue weighted by Gasteiger charge is 2.43. The second-order valence-corrected chi connectivity index (χ2v) is 10.4. The number of fused-ring (bicyclic) bond motifs is 1. The van der Waals surface area contributed by atoms with Crippen LogP contribution in [0.25, 0.3) is 16.2 Å². The third-order valence-electron chi connectivity index (χ3n) is 4.74. The fourth-order valence-corrected chi connectivity index (χ4v) is 6.49. The Morgan fingerprint density at radius 3 is 2.59 bits per heavy atom. The van der Waals surface area contributed by atoms with E-state index in [4.69, 9.17) is 20.6 Å². The molecule has 1 N–H and O–H groups in total. The predicted octanol–water partition coefficient (Wildman–Crippen LogP) is 7.10. The van der Waals surface area contributed by atoms with Gasteiger partial charge in [0.15, 0.2) is 5.66 Å². The molecule has 1 amide bonds. The van der Waals surface area contributed by atoms with E-state index in [1.165, 1.54) is 23.6 Å². The van der Waals surface area contributed by atoms with Gasteiger partial charge in [0.25, 0.3) is 0 Å². The first-order valence-electron chi connectivity index (χ1n) is 10.1. The first-order chi connectivity index (χ1) is 15.3. The summed E-state index contributed by atoms with van der Waals surface area (Å²) in [4.78, 5) is 13.3. The van der Waals surface area contributed by atoms with Crippen molar-refractivity contribution in [3.8, 4) is 0 Å². The van der Waals surface area contributed by atoms with Gasteiger partial charge in [-0.1, -0.05) is 23.7 Å². The number of hydrogen-bond donors (Lipinski definition) is 1. The third kappa shape index (κ3) is 5.48. The van der Waals surface area contributed by atoms with Gasteiger partial charge in [0.1, 0.15) is 5.82 Å². The Morgan fingerprint density at radius 2 is 1.94 bits per heavy atom. The predicted molar refractivity (Wildman–Crippen MR) is 129 cm³/mol. The molecule has 3 rings (SSSR count). The van der Waals surface area contributed by atoms with Gasteiger partial charge in [-0.15, -0.1) is 11.3 Å². The lowest BCUT2D eigenvalue weighted by molar-refractivity contribution is -0.120. The van der Waals surface area contributed by atoms with E-state index in [-0.39, 0.29) is 19.0 Å². The Labute approximate surface area is 195 Å². The Hall–Kier alpha value is -2.02. The van der Waals surface area contributed by atoms with Gasteiger partial charge in [0, 0.05) is 15.9 Å². The normalized spacial score (nSPS) is 13.0. The van der Waals surface area contributed by atoms with E-state index >= 15 is 0 Å². The van der Waals surface area contributed by atoms with Crippen LogP contribution in [-0.4, -0.2) is 19.1 Å². The molecule has 1 unspecified atom stereocenters. The number of rotatable bonds is 9. The molecule has 1 aromatic heterocycles. The average Bonchev–Trinajstić information content (AvgIpc) is 3.13. The molecule has 32 heavy (non-hydrogen) atoms. The molecule has 0 bridgehead atoms. The third-order valence-corrected chi connectivity index (χ3v) is 8.34. The summed E-state index contributed by atoms with van der Waals surface area (Å²) in [6, 6.07) is 10.1. The van der Waals surface area contributed by atoms with E-state index < -0.39 is 19.2 Å². The summed E-state index contributed by atoms with van der Waals surface area (Å²) in [5.41, 5.74) is 0.429. The van der Waals surface area contributed by atoms with Crippen molar-refractivity contribution in [3.63, 3.8) is 0 Å². The second-order valence-electron chi connectivity index (χ2n) is 6.96. The van der Waals surface area contributed by atoms with Gasteiger partial charge >= 0.3 is 7.60 Å². The molecule has 170 valence electrons. The maximum absolute atomic E-state index is 13.8. The van der Waals surface area contributed by atoms with Crippen LogP contribution in [0.15, 0.2) is 48.0 Å². The molecule has 0 spiro atoms. The highest BCUT2D eigenvalue weighted by Crippen LogP contribution is 2.62. The zero-order valence-electron chi connectivity index (χ0n) is 17.9. The fourth-order valence-electron chi connectivity index (χ4n) is 3.25. The van der Waals surface area contributed by atoms with E-state index in [1.54, 1.807) is 56.5 Å². The fraction of sp³-hybridized carbons (Fsp3) is 0.261. The molecule has 1 atom stereocenters. The van der Waals surface area contributed by atoms with Crippen molar-refractivity contribution >= 4 is 52.6 Å². The zero-order chi connectivity index (χ0) is 23.3. The number of aryl methyl sites for hydroxylation is 1. The van der Waals surface area contributed by atoms with Crippen molar-refractivity contribution in [2.75, 3.05) is 13.2 Å². The van der Waals surface area contributed by atoms with Gasteiger partial charge in [0.2, 0.25) is 5.91 Å². The molecular weight excluding hydrogens is 472 g/mol. The Morgan fingerprint density at radius 1 is 1.22 bits per heavy atom. The maximum atomic E-state index is 13.8. The van der Waals surface area contributed by atoms with Gasteiger partial charge in [-0.25, -0.2) is 4.39 Å². The first kappa shape index (κ1) is 24.6. The zero-order valence-corrected chi connectivity index (χ0v) is 20.4. The molecule has 0 fully saturated rings. The average molecular weight is 496 g/mol. The molecule has 0 aliphatic carbocycles. The number of carbonyl (C=O) groups is 1. The van der Waals surface area contributed by atoms with Gasteiger partial charge in [-0.2, -0.15) is 0 Å². The highest BCUT2D eigenvalue weighted by molar-refractivity contribution is 7.55. The molecule has 5 nitrogen and oxygen atoms in total. The summed E-state index contributed by atoms with van der Waals surface area (Å²) in [6.07, 6.45) is 2.95. The van der Waals surface area contributed by atoms with Crippen LogP contribution in [0.2, 0.25) is 5.02 Å². The largest absolute Gasteiger partial charge is 0.347 e. The molecule has 0 saturated heterocycles. The number of carbonyl (C=O) groups excluding carboxylic acids is 1. The van der Waals surface area contributed by atoms with E-state index in [9.17, 15) is 13.8 Å². The van der Waals surface area contributed by atoms with Crippen LogP contribution in [0.4, 0.5) is 4.39 Å². The smallest absolute Gasteiger partial charge is 0.332 e. The highest BCUT2D eigenvalue weighted by atomic mass is 35.5. The van der Waals surface area contributed by atoms with Crippen LogP contribution in [0.3, 0.4) is 0 Å². The molecule has 0 aliphatic rings. The summed E-state index contributed by atoms with van der Waals surface area (Å²) in [7, 11) is -3.86. The second kappa shape index (κ2) is 10.7. The van der Waals surface area contributed by atoms with Crippen LogP contribution >= 0.6 is 30.5 Å². The topological polar surface area (TPSA) is 64.6 Å². The summed E-state index contributed by atoms with van der Waals surface area (Å²) in [6.45, 7) is 5.28. The van der Waals surface area contributed by atoms with Crippen LogP contribution in [0, 0.1) is 12.7 Å². The maximum Gasteiger partial charge on any atom is 0.347 e. The van der Waals surface area contributed by atoms with Crippen LogP contribution in [0.1, 0.15) is 36.2 Å². The molecule has 3 aromatic rings. The Bertz CT molecular complexity index is 1190. The minimum Gasteiger partial charge on any atom is -0.332 e. The molecule has 0 radical (unpaired) electrons. The minimum absolute atomic E-state index is 0.113. The van der Waals surface area contributed by atoms with Gasteiger partial charge in [-0.3, -0.25) is 9.36 Å².